The molecule has 4 heteroatoms. The monoisotopic (exact) mass is 301 g/mol. The highest BCUT2D eigenvalue weighted by Gasteiger charge is 2.07. The van der Waals surface area contributed by atoms with E-state index in [0.29, 0.717) is 19.8 Å². The minimum atomic E-state index is 0.365. The summed E-state index contributed by atoms with van der Waals surface area (Å²) >= 11 is 1.63. The molecule has 0 aliphatic heterocycles. The lowest BCUT2D eigenvalue weighted by atomic mass is 10.2. The van der Waals surface area contributed by atoms with E-state index in [1.165, 1.54) is 0 Å². The summed E-state index contributed by atoms with van der Waals surface area (Å²) in [6.45, 7) is 3.62. The van der Waals surface area contributed by atoms with Crippen molar-refractivity contribution in [3.63, 3.8) is 0 Å². The molecule has 1 aromatic heterocycles. The zero-order valence-corrected chi connectivity index (χ0v) is 12.9. The van der Waals surface area contributed by atoms with E-state index in [4.69, 9.17) is 15.2 Å². The summed E-state index contributed by atoms with van der Waals surface area (Å²) < 4.78 is 11.6. The van der Waals surface area contributed by atoms with E-state index in [0.717, 1.165) is 28.4 Å². The van der Waals surface area contributed by atoms with Gasteiger partial charge >= 0.3 is 0 Å². The second kappa shape index (κ2) is 8.35. The molecule has 2 rings (SSSR count). The van der Waals surface area contributed by atoms with E-state index in [1.807, 2.05) is 35.7 Å². The van der Waals surface area contributed by atoms with Crippen molar-refractivity contribution in [3.8, 4) is 23.3 Å². The lowest BCUT2D eigenvalue weighted by Crippen LogP contribution is -2.00. The third kappa shape index (κ3) is 4.52. The molecular formula is C17H19NO2S. The van der Waals surface area contributed by atoms with E-state index in [2.05, 4.69) is 18.8 Å². The van der Waals surface area contributed by atoms with Gasteiger partial charge in [-0.2, -0.15) is 0 Å². The SMILES string of the molecule is CCCOc1ccccc1OCc1sccc1C#CCN. The molecule has 21 heavy (non-hydrogen) atoms. The topological polar surface area (TPSA) is 44.5 Å². The van der Waals surface area contributed by atoms with Gasteiger partial charge in [-0.1, -0.05) is 30.9 Å². The standard InChI is InChI=1S/C17H19NO2S/c1-2-11-19-15-7-3-4-8-16(15)20-13-17-14(6-5-10-18)9-12-21-17/h3-4,7-9,12H,2,10-11,13,18H2,1H3. The van der Waals surface area contributed by atoms with Crippen molar-refractivity contribution >= 4 is 11.3 Å². The van der Waals surface area contributed by atoms with Crippen LogP contribution < -0.4 is 15.2 Å². The third-order valence-corrected chi connectivity index (χ3v) is 3.63. The maximum Gasteiger partial charge on any atom is 0.161 e. The molecule has 0 radical (unpaired) electrons. The van der Waals surface area contributed by atoms with Crippen molar-refractivity contribution in [1.29, 1.82) is 0 Å². The summed E-state index contributed by atoms with van der Waals surface area (Å²) in [5.41, 5.74) is 6.39. The Bertz CT molecular complexity index is 625. The molecule has 0 saturated carbocycles. The molecule has 3 nitrogen and oxygen atoms in total. The number of hydrogen-bond acceptors (Lipinski definition) is 4. The molecule has 1 aromatic carbocycles. The highest BCUT2D eigenvalue weighted by Crippen LogP contribution is 2.28. The summed E-state index contributed by atoms with van der Waals surface area (Å²) in [6.07, 6.45) is 0.970. The summed E-state index contributed by atoms with van der Waals surface area (Å²) in [5, 5.41) is 2.01. The third-order valence-electron chi connectivity index (χ3n) is 2.74. The summed E-state index contributed by atoms with van der Waals surface area (Å²) in [6, 6.07) is 9.72. The number of ether oxygens (including phenoxy) is 2. The van der Waals surface area contributed by atoms with Gasteiger partial charge in [0.15, 0.2) is 11.5 Å². The Labute approximate surface area is 129 Å². The van der Waals surface area contributed by atoms with Crippen molar-refractivity contribution in [2.45, 2.75) is 20.0 Å². The Kier molecular flexibility index (Phi) is 6.14. The highest BCUT2D eigenvalue weighted by atomic mass is 32.1. The van der Waals surface area contributed by atoms with Crippen LogP contribution in [0.1, 0.15) is 23.8 Å². The maximum atomic E-state index is 5.89. The zero-order chi connectivity index (χ0) is 14.9. The van der Waals surface area contributed by atoms with Crippen LogP contribution in [0.5, 0.6) is 11.5 Å². The lowest BCUT2D eigenvalue weighted by molar-refractivity contribution is 0.263. The van der Waals surface area contributed by atoms with Gasteiger partial charge in [-0.25, -0.2) is 0 Å². The van der Waals surface area contributed by atoms with E-state index < -0.39 is 0 Å². The van der Waals surface area contributed by atoms with Crippen LogP contribution >= 0.6 is 11.3 Å². The quantitative estimate of drug-likeness (QED) is 0.831. The van der Waals surface area contributed by atoms with Crippen molar-refractivity contribution in [1.82, 2.24) is 0 Å². The van der Waals surface area contributed by atoms with Crippen LogP contribution in [-0.2, 0) is 6.61 Å². The van der Waals surface area contributed by atoms with E-state index in [-0.39, 0.29) is 0 Å². The van der Waals surface area contributed by atoms with E-state index in [1.54, 1.807) is 11.3 Å². The Hall–Kier alpha value is -1.96. The fourth-order valence-corrected chi connectivity index (χ4v) is 2.50. The van der Waals surface area contributed by atoms with Crippen LogP contribution in [0.25, 0.3) is 0 Å². The molecule has 0 bridgehead atoms. The highest BCUT2D eigenvalue weighted by molar-refractivity contribution is 7.10. The summed E-state index contributed by atoms with van der Waals surface area (Å²) in [7, 11) is 0. The Morgan fingerprint density at radius 3 is 2.62 bits per heavy atom. The first-order valence-corrected chi connectivity index (χ1v) is 7.83. The van der Waals surface area contributed by atoms with Gasteiger partial charge in [-0.3, -0.25) is 0 Å². The predicted molar refractivity (Wildman–Crippen MR) is 86.8 cm³/mol. The molecule has 2 aromatic rings. The van der Waals surface area contributed by atoms with Gasteiger partial charge in [-0.15, -0.1) is 11.3 Å². The van der Waals surface area contributed by atoms with Crippen LogP contribution in [0.3, 0.4) is 0 Å². The van der Waals surface area contributed by atoms with Crippen LogP contribution in [0.2, 0.25) is 0 Å². The number of rotatable bonds is 6. The Balaban J connectivity index is 2.05. The molecule has 0 aliphatic carbocycles. The van der Waals surface area contributed by atoms with Crippen molar-refractivity contribution in [3.05, 3.63) is 46.2 Å². The molecule has 2 N–H and O–H groups in total. The van der Waals surface area contributed by atoms with E-state index in [9.17, 15) is 0 Å². The molecule has 0 atom stereocenters. The van der Waals surface area contributed by atoms with Gasteiger partial charge in [0.2, 0.25) is 0 Å². The average Bonchev–Trinajstić information content (AvgIpc) is 2.97. The molecule has 0 unspecified atom stereocenters. The first-order valence-electron chi connectivity index (χ1n) is 6.95. The van der Waals surface area contributed by atoms with Gasteiger partial charge < -0.3 is 15.2 Å². The minimum Gasteiger partial charge on any atom is -0.490 e. The van der Waals surface area contributed by atoms with Crippen LogP contribution in [0.15, 0.2) is 35.7 Å². The molecule has 0 amide bonds. The van der Waals surface area contributed by atoms with Crippen LogP contribution in [-0.4, -0.2) is 13.2 Å². The number of benzene rings is 1. The van der Waals surface area contributed by atoms with Gasteiger partial charge in [0.05, 0.1) is 18.0 Å². The summed E-state index contributed by atoms with van der Waals surface area (Å²) in [4.78, 5) is 1.10. The number of para-hydroxylation sites is 2. The maximum absolute atomic E-state index is 5.89. The van der Waals surface area contributed by atoms with Crippen LogP contribution in [0, 0.1) is 11.8 Å². The molecule has 110 valence electrons. The van der Waals surface area contributed by atoms with Gasteiger partial charge in [0.25, 0.3) is 0 Å². The fraction of sp³-hybridized carbons (Fsp3) is 0.294. The molecular weight excluding hydrogens is 282 g/mol. The van der Waals surface area contributed by atoms with Crippen molar-refractivity contribution < 1.29 is 9.47 Å². The normalized spacial score (nSPS) is 9.81. The lowest BCUT2D eigenvalue weighted by Gasteiger charge is -2.11. The number of nitrogens with two attached hydrogens (primary N) is 1. The predicted octanol–water partition coefficient (Wildman–Crippen LogP) is 3.43. The second-order valence-electron chi connectivity index (χ2n) is 4.35. The second-order valence-corrected chi connectivity index (χ2v) is 5.35. The number of thiophene rings is 1. The minimum absolute atomic E-state index is 0.365. The molecule has 0 fully saturated rings. The summed E-state index contributed by atoms with van der Waals surface area (Å²) in [5.74, 6) is 7.48. The van der Waals surface area contributed by atoms with Gasteiger partial charge in [-0.05, 0) is 30.0 Å². The average molecular weight is 301 g/mol. The van der Waals surface area contributed by atoms with Gasteiger partial charge in [0, 0.05) is 5.56 Å². The Morgan fingerprint density at radius 2 is 1.90 bits per heavy atom. The molecule has 0 saturated heterocycles. The van der Waals surface area contributed by atoms with Crippen molar-refractivity contribution in [2.75, 3.05) is 13.2 Å². The molecule has 0 spiro atoms. The Morgan fingerprint density at radius 1 is 1.14 bits per heavy atom. The molecule has 1 heterocycles. The largest absolute Gasteiger partial charge is 0.490 e. The van der Waals surface area contributed by atoms with E-state index >= 15 is 0 Å². The number of hydrogen-bond donors (Lipinski definition) is 1. The van der Waals surface area contributed by atoms with Crippen molar-refractivity contribution in [2.24, 2.45) is 5.73 Å². The first-order chi connectivity index (χ1) is 10.3. The van der Waals surface area contributed by atoms with Crippen LogP contribution in [0.4, 0.5) is 0 Å². The zero-order valence-electron chi connectivity index (χ0n) is 12.1. The fourth-order valence-electron chi connectivity index (χ4n) is 1.75. The smallest absolute Gasteiger partial charge is 0.161 e. The first kappa shape index (κ1) is 15.4. The van der Waals surface area contributed by atoms with Gasteiger partial charge in [0.1, 0.15) is 6.61 Å². The molecule has 0 aliphatic rings.